The van der Waals surface area contributed by atoms with Gasteiger partial charge in [-0.1, -0.05) is 75.3 Å². The first-order valence-corrected chi connectivity index (χ1v) is 18.1. The van der Waals surface area contributed by atoms with Crippen LogP contribution in [0, 0.1) is 5.92 Å². The zero-order valence-electron chi connectivity index (χ0n) is 33.9. The van der Waals surface area contributed by atoms with Crippen LogP contribution in [-0.4, -0.2) is 54.0 Å². The molecule has 0 unspecified atom stereocenters. The van der Waals surface area contributed by atoms with Crippen LogP contribution in [0.1, 0.15) is 93.9 Å². The minimum absolute atomic E-state index is 0. The summed E-state index contributed by atoms with van der Waals surface area (Å²) in [6.07, 6.45) is 39.3. The third-order valence-corrected chi connectivity index (χ3v) is 6.04. The molecule has 346 valence electrons. The van der Waals surface area contributed by atoms with Crippen LogP contribution in [0.3, 0.4) is 0 Å². The van der Waals surface area contributed by atoms with Crippen LogP contribution in [0.2, 0.25) is 0 Å². The molecule has 3 saturated heterocycles. The zero-order chi connectivity index (χ0) is 42.9. The van der Waals surface area contributed by atoms with Crippen molar-refractivity contribution in [2.45, 2.75) is 93.9 Å². The molecule has 0 aromatic carbocycles. The van der Waals surface area contributed by atoms with Gasteiger partial charge in [0, 0.05) is 64.1 Å². The van der Waals surface area contributed by atoms with Crippen molar-refractivity contribution in [3.8, 4) is 0 Å². The van der Waals surface area contributed by atoms with Crippen LogP contribution in [0.4, 0.5) is 0 Å². The summed E-state index contributed by atoms with van der Waals surface area (Å²) < 4.78 is 0. The molecule has 0 aromatic rings. The van der Waals surface area contributed by atoms with Crippen LogP contribution in [-0.2, 0) is 0 Å². The molecule has 13 heteroatoms. The predicted molar refractivity (Wildman–Crippen MR) is 271 cm³/mol. The summed E-state index contributed by atoms with van der Waals surface area (Å²) in [6.45, 7) is 32.0. The second kappa shape index (κ2) is 88.5. The van der Waals surface area contributed by atoms with Crippen molar-refractivity contribution in [3.63, 3.8) is 0 Å². The molecule has 3 heterocycles. The van der Waals surface area contributed by atoms with E-state index in [4.69, 9.17) is 22.9 Å². The Kier molecular flexibility index (Phi) is 123. The lowest BCUT2D eigenvalue weighted by Crippen LogP contribution is -2.24. The third-order valence-electron chi connectivity index (χ3n) is 6.04. The van der Waals surface area contributed by atoms with Crippen LogP contribution in [0.15, 0.2) is 151 Å². The average molecular weight is 824 g/mol. The maximum atomic E-state index is 5.24. The minimum Gasteiger partial charge on any atom is -0.405 e. The average Bonchev–Trinajstić information content (AvgIpc) is 3.84. The first-order chi connectivity index (χ1) is 26.2. The van der Waals surface area contributed by atoms with Gasteiger partial charge in [-0.15, -0.1) is 13.2 Å². The van der Waals surface area contributed by atoms with E-state index < -0.39 is 0 Å². The van der Waals surface area contributed by atoms with Crippen LogP contribution >= 0.6 is 0 Å². The molecule has 0 aromatic heterocycles. The number of piperidine rings is 2. The second-order valence-corrected chi connectivity index (χ2v) is 10.5. The molecule has 0 amide bonds. The topological polar surface area (TPSA) is 270 Å². The van der Waals surface area contributed by atoms with E-state index in [1.54, 1.807) is 24.8 Å². The smallest absolute Gasteiger partial charge is 0.0173 e. The van der Waals surface area contributed by atoms with Crippen molar-refractivity contribution in [2.24, 2.45) is 63.3 Å². The Labute approximate surface area is 361 Å². The molecule has 0 spiro atoms. The Hall–Kier alpha value is -5.72. The van der Waals surface area contributed by atoms with Crippen molar-refractivity contribution in [2.75, 3.05) is 39.3 Å². The quantitative estimate of drug-likeness (QED) is 0.0945. The number of likely N-dealkylation sites (tertiary alicyclic amines) is 3. The Balaban J connectivity index is -0.0000000484. The van der Waals surface area contributed by atoms with Crippen LogP contribution in [0.5, 0.6) is 0 Å². The molecule has 4 fully saturated rings. The van der Waals surface area contributed by atoms with Crippen molar-refractivity contribution < 1.29 is 0 Å². The molecular formula is C45H101N13. The molecular weight excluding hydrogens is 723 g/mol. The number of nitrogens with zero attached hydrogens (tertiary/aromatic N) is 3. The fourth-order valence-electron chi connectivity index (χ4n) is 3.95. The van der Waals surface area contributed by atoms with Gasteiger partial charge in [0.2, 0.25) is 0 Å². The fourth-order valence-corrected chi connectivity index (χ4v) is 3.95. The lowest BCUT2D eigenvalue weighted by molar-refractivity contribution is 0.309. The van der Waals surface area contributed by atoms with Gasteiger partial charge in [-0.3, -0.25) is 0 Å². The van der Waals surface area contributed by atoms with Gasteiger partial charge in [-0.05, 0) is 138 Å². The number of hydrogen-bond acceptors (Lipinski definition) is 13. The standard InChI is InChI=1S/C8H14N2.2C7H14N2.C5H9N.6C2H5N.C2H4.4CH4/c9-5-1-2-6-10-7-3-4-8-10;2*8-4-7-9-5-2-1-3-6-9;6-4-3-5-1-2-5;6*1-2-3;1-2;;;;/h1-2,5-6H,3-4,7-9H2;2*4,7H,1-3,5-6,8H2;3-5H,1-2,6H2;6*2H,1,3H2;1-2H2;4*1H4. The van der Waals surface area contributed by atoms with E-state index in [1.807, 2.05) is 24.6 Å². The molecule has 0 atom stereocenters. The highest BCUT2D eigenvalue weighted by molar-refractivity contribution is 5.00. The summed E-state index contributed by atoms with van der Waals surface area (Å²) in [5.41, 5.74) is 48.4. The second-order valence-electron chi connectivity index (χ2n) is 10.5. The van der Waals surface area contributed by atoms with Gasteiger partial charge < -0.3 is 72.0 Å². The van der Waals surface area contributed by atoms with E-state index >= 15 is 0 Å². The number of nitrogens with two attached hydrogens (primary N) is 10. The summed E-state index contributed by atoms with van der Waals surface area (Å²) in [5, 5.41) is 0. The zero-order valence-corrected chi connectivity index (χ0v) is 33.9. The van der Waals surface area contributed by atoms with Gasteiger partial charge in [0.1, 0.15) is 0 Å². The van der Waals surface area contributed by atoms with Crippen molar-refractivity contribution in [1.29, 1.82) is 0 Å². The Morgan fingerprint density at radius 3 is 0.776 bits per heavy atom. The summed E-state index contributed by atoms with van der Waals surface area (Å²) in [7, 11) is 0. The van der Waals surface area contributed by atoms with Gasteiger partial charge in [0.25, 0.3) is 0 Å². The molecule has 0 radical (unpaired) electrons. The Morgan fingerprint density at radius 2 is 0.586 bits per heavy atom. The SMILES string of the molecule is C.C.C.C.C=C.C=CN.C=CN.C=CN.C=CN.C=CN.C=CN.NC=CC1CC1.NC=CC=CN1CCCC1.NC=CN1CCCCC1.NC=CN1CCCCC1. The molecule has 20 N–H and O–H groups in total. The molecule has 4 aliphatic rings. The maximum Gasteiger partial charge on any atom is 0.0173 e. The Morgan fingerprint density at radius 1 is 0.345 bits per heavy atom. The van der Waals surface area contributed by atoms with Crippen molar-refractivity contribution in [1.82, 2.24) is 14.7 Å². The van der Waals surface area contributed by atoms with Gasteiger partial charge in [-0.2, -0.15) is 0 Å². The molecule has 13 nitrogen and oxygen atoms in total. The molecule has 58 heavy (non-hydrogen) atoms. The molecule has 1 saturated carbocycles. The van der Waals surface area contributed by atoms with E-state index in [2.05, 4.69) is 114 Å². The normalized spacial score (nSPS) is 13.6. The highest BCUT2D eigenvalue weighted by Crippen LogP contribution is 2.29. The summed E-state index contributed by atoms with van der Waals surface area (Å²) in [4.78, 5) is 6.84. The first kappa shape index (κ1) is 80.7. The van der Waals surface area contributed by atoms with Crippen molar-refractivity contribution in [3.05, 3.63) is 151 Å². The molecule has 4 rings (SSSR count). The minimum atomic E-state index is 0. The van der Waals surface area contributed by atoms with Gasteiger partial charge in [0.05, 0.1) is 0 Å². The van der Waals surface area contributed by atoms with Crippen LogP contribution in [0.25, 0.3) is 0 Å². The predicted octanol–water partition coefficient (Wildman–Crippen LogP) is 7.62. The largest absolute Gasteiger partial charge is 0.405 e. The van der Waals surface area contributed by atoms with E-state index in [0.717, 1.165) is 5.92 Å². The maximum absolute atomic E-state index is 5.24. The van der Waals surface area contributed by atoms with E-state index in [0.29, 0.717) is 0 Å². The lowest BCUT2D eigenvalue weighted by atomic mass is 10.1. The third kappa shape index (κ3) is 104. The number of rotatable bonds is 5. The van der Waals surface area contributed by atoms with Gasteiger partial charge in [-0.25, -0.2) is 0 Å². The summed E-state index contributed by atoms with van der Waals surface area (Å²) in [5.74, 6) is 0.843. The van der Waals surface area contributed by atoms with Crippen molar-refractivity contribution >= 4 is 0 Å². The molecule has 0 bridgehead atoms. The molecule has 3 aliphatic heterocycles. The highest BCUT2D eigenvalue weighted by atomic mass is 15.1. The van der Waals surface area contributed by atoms with E-state index in [-0.39, 0.29) is 29.7 Å². The number of allylic oxidation sites excluding steroid dienone is 3. The van der Waals surface area contributed by atoms with E-state index in [9.17, 15) is 0 Å². The van der Waals surface area contributed by atoms with Gasteiger partial charge >= 0.3 is 0 Å². The number of hydrogen-bond donors (Lipinski definition) is 10. The fraction of sp³-hybridized carbons (Fsp3) is 0.467. The first-order valence-electron chi connectivity index (χ1n) is 18.1. The lowest BCUT2D eigenvalue weighted by Gasteiger charge is -2.24. The summed E-state index contributed by atoms with van der Waals surface area (Å²) in [6, 6.07) is 0. The van der Waals surface area contributed by atoms with E-state index in [1.165, 1.54) is 141 Å². The van der Waals surface area contributed by atoms with Gasteiger partial charge in [0.15, 0.2) is 0 Å². The van der Waals surface area contributed by atoms with Crippen LogP contribution < -0.4 is 57.3 Å². The summed E-state index contributed by atoms with van der Waals surface area (Å²) >= 11 is 0. The highest BCUT2D eigenvalue weighted by Gasteiger charge is 2.16. The molecule has 1 aliphatic carbocycles. The monoisotopic (exact) mass is 824 g/mol. The Bertz CT molecular complexity index is 806.